The molecule has 0 aliphatic heterocycles. The Morgan fingerprint density at radius 2 is 2.10 bits per heavy atom. The first-order valence-electron chi connectivity index (χ1n) is 7.40. The fourth-order valence-corrected chi connectivity index (χ4v) is 2.74. The molecule has 2 rings (SSSR count). The molecule has 0 radical (unpaired) electrons. The Bertz CT molecular complexity index is 527. The molecule has 0 saturated heterocycles. The molecule has 0 aliphatic rings. The molecule has 0 aromatic carbocycles. The Morgan fingerprint density at radius 3 is 2.90 bits per heavy atom. The Balaban J connectivity index is 2.01. The summed E-state index contributed by atoms with van der Waals surface area (Å²) in [5, 5.41) is 6.54. The first kappa shape index (κ1) is 15.2. The first-order chi connectivity index (χ1) is 9.85. The smallest absolute Gasteiger partial charge is 0.158 e. The molecular weight excluding hydrogens is 270 g/mol. The second kappa shape index (κ2) is 8.17. The van der Waals surface area contributed by atoms with E-state index in [1.165, 1.54) is 12.8 Å². The van der Waals surface area contributed by atoms with Crippen LogP contribution in [0.4, 0.5) is 5.82 Å². The molecular formula is C15H23N3OS. The van der Waals surface area contributed by atoms with Crippen LogP contribution < -0.4 is 5.32 Å². The highest BCUT2D eigenvalue weighted by Crippen LogP contribution is 2.25. The number of thiophene rings is 1. The summed E-state index contributed by atoms with van der Waals surface area (Å²) in [4.78, 5) is 10.2. The third kappa shape index (κ3) is 4.15. The topological polar surface area (TPSA) is 47.0 Å². The minimum atomic E-state index is 0.498. The predicted octanol–water partition coefficient (Wildman–Crippen LogP) is 4.22. The van der Waals surface area contributed by atoms with Crippen molar-refractivity contribution in [1.29, 1.82) is 0 Å². The third-order valence-corrected chi connectivity index (χ3v) is 3.84. The largest absolute Gasteiger partial charge is 0.373 e. The fourth-order valence-electron chi connectivity index (χ4n) is 1.96. The van der Waals surface area contributed by atoms with Gasteiger partial charge in [-0.05, 0) is 24.3 Å². The van der Waals surface area contributed by atoms with Gasteiger partial charge in [-0.1, -0.05) is 26.7 Å². The van der Waals surface area contributed by atoms with Crippen LogP contribution in [0, 0.1) is 0 Å². The molecule has 20 heavy (non-hydrogen) atoms. The molecule has 0 spiro atoms. The maximum Gasteiger partial charge on any atom is 0.158 e. The van der Waals surface area contributed by atoms with Crippen molar-refractivity contribution >= 4 is 27.4 Å². The molecule has 5 heteroatoms. The highest BCUT2D eigenvalue weighted by molar-refractivity contribution is 7.16. The highest BCUT2D eigenvalue weighted by Gasteiger charge is 2.08. The summed E-state index contributed by atoms with van der Waals surface area (Å²) in [6.07, 6.45) is 4.62. The summed E-state index contributed by atoms with van der Waals surface area (Å²) in [5.74, 6) is 1.71. The lowest BCUT2D eigenvalue weighted by Gasteiger charge is -2.08. The van der Waals surface area contributed by atoms with Gasteiger partial charge in [0.25, 0.3) is 0 Å². The van der Waals surface area contributed by atoms with E-state index in [9.17, 15) is 0 Å². The van der Waals surface area contributed by atoms with Crippen molar-refractivity contribution in [2.75, 3.05) is 18.5 Å². The molecule has 0 atom stereocenters. The van der Waals surface area contributed by atoms with E-state index in [1.807, 2.05) is 0 Å². The lowest BCUT2D eigenvalue weighted by molar-refractivity contribution is 0.112. The van der Waals surface area contributed by atoms with Crippen molar-refractivity contribution in [3.8, 4) is 0 Å². The Hall–Kier alpha value is -1.20. The molecule has 2 heterocycles. The van der Waals surface area contributed by atoms with Crippen LogP contribution in [0.15, 0.2) is 11.4 Å². The average molecular weight is 293 g/mol. The maximum atomic E-state index is 5.66. The molecule has 0 saturated carbocycles. The number of unbranched alkanes of at least 4 members (excludes halogenated alkanes) is 2. The molecule has 4 nitrogen and oxygen atoms in total. The molecule has 0 amide bonds. The molecule has 0 unspecified atom stereocenters. The van der Waals surface area contributed by atoms with Crippen LogP contribution in [0.1, 0.15) is 45.4 Å². The summed E-state index contributed by atoms with van der Waals surface area (Å²) in [7, 11) is 0. The van der Waals surface area contributed by atoms with Crippen LogP contribution in [0.25, 0.3) is 10.2 Å². The number of anilines is 1. The van der Waals surface area contributed by atoms with Crippen molar-refractivity contribution in [3.05, 3.63) is 17.3 Å². The monoisotopic (exact) mass is 293 g/mol. The molecule has 0 fully saturated rings. The van der Waals surface area contributed by atoms with Crippen LogP contribution >= 0.6 is 11.3 Å². The summed E-state index contributed by atoms with van der Waals surface area (Å²) in [5.41, 5.74) is 0. The van der Waals surface area contributed by atoms with Crippen molar-refractivity contribution in [2.24, 2.45) is 0 Å². The predicted molar refractivity (Wildman–Crippen MR) is 85.4 cm³/mol. The zero-order valence-corrected chi connectivity index (χ0v) is 13.1. The normalized spacial score (nSPS) is 11.1. The number of fused-ring (bicyclic) bond motifs is 1. The first-order valence-corrected chi connectivity index (χ1v) is 8.28. The van der Waals surface area contributed by atoms with Gasteiger partial charge in [-0.15, -0.1) is 11.3 Å². The third-order valence-electron chi connectivity index (χ3n) is 3.04. The molecule has 1 N–H and O–H groups in total. The van der Waals surface area contributed by atoms with E-state index in [-0.39, 0.29) is 0 Å². The van der Waals surface area contributed by atoms with Gasteiger partial charge in [-0.2, -0.15) is 0 Å². The fraction of sp³-hybridized carbons (Fsp3) is 0.600. The van der Waals surface area contributed by atoms with E-state index >= 15 is 0 Å². The minimum absolute atomic E-state index is 0.498. The van der Waals surface area contributed by atoms with E-state index < -0.39 is 0 Å². The van der Waals surface area contributed by atoms with E-state index in [0.29, 0.717) is 6.61 Å². The molecule has 110 valence electrons. The number of nitrogens with zero attached hydrogens (tertiary/aromatic N) is 2. The van der Waals surface area contributed by atoms with Gasteiger partial charge >= 0.3 is 0 Å². The number of hydrogen-bond acceptors (Lipinski definition) is 5. The van der Waals surface area contributed by atoms with Gasteiger partial charge in [0.15, 0.2) is 5.82 Å². The van der Waals surface area contributed by atoms with Crippen molar-refractivity contribution in [2.45, 2.75) is 46.1 Å². The van der Waals surface area contributed by atoms with Crippen LogP contribution in [0.3, 0.4) is 0 Å². The van der Waals surface area contributed by atoms with Gasteiger partial charge < -0.3 is 10.1 Å². The minimum Gasteiger partial charge on any atom is -0.373 e. The van der Waals surface area contributed by atoms with E-state index in [0.717, 1.165) is 47.9 Å². The number of ether oxygens (including phenoxy) is 1. The van der Waals surface area contributed by atoms with Crippen molar-refractivity contribution < 1.29 is 4.74 Å². The van der Waals surface area contributed by atoms with Gasteiger partial charge in [0.2, 0.25) is 0 Å². The van der Waals surface area contributed by atoms with Gasteiger partial charge in [-0.3, -0.25) is 0 Å². The number of rotatable bonds is 9. The summed E-state index contributed by atoms with van der Waals surface area (Å²) in [6, 6.07) is 2.07. The standard InChI is InChI=1S/C15H23N3OS/c1-3-5-6-9-19-11-13-17-14(16-8-4-2)12-7-10-20-15(12)18-13/h7,10H,3-6,8-9,11H2,1-2H3,(H,16,17,18). The number of hydrogen-bond donors (Lipinski definition) is 1. The van der Waals surface area contributed by atoms with Gasteiger partial charge in [0.05, 0.1) is 5.39 Å². The van der Waals surface area contributed by atoms with Crippen molar-refractivity contribution in [1.82, 2.24) is 9.97 Å². The summed E-state index contributed by atoms with van der Waals surface area (Å²) in [6.45, 7) is 6.56. The molecule has 0 bridgehead atoms. The van der Waals surface area contributed by atoms with Crippen LogP contribution in [0.5, 0.6) is 0 Å². The van der Waals surface area contributed by atoms with Crippen molar-refractivity contribution in [3.63, 3.8) is 0 Å². The van der Waals surface area contributed by atoms with Crippen LogP contribution in [-0.4, -0.2) is 23.1 Å². The Labute approximate surface area is 124 Å². The summed E-state index contributed by atoms with van der Waals surface area (Å²) >= 11 is 1.65. The lowest BCUT2D eigenvalue weighted by Crippen LogP contribution is -2.07. The summed E-state index contributed by atoms with van der Waals surface area (Å²) < 4.78 is 5.66. The molecule has 2 aromatic heterocycles. The van der Waals surface area contributed by atoms with Crippen LogP contribution in [0.2, 0.25) is 0 Å². The second-order valence-electron chi connectivity index (χ2n) is 4.81. The average Bonchev–Trinajstić information content (AvgIpc) is 2.93. The Morgan fingerprint density at radius 1 is 1.20 bits per heavy atom. The van der Waals surface area contributed by atoms with E-state index in [2.05, 4.69) is 40.6 Å². The number of aromatic nitrogens is 2. The van der Waals surface area contributed by atoms with Gasteiger partial charge in [0.1, 0.15) is 17.3 Å². The van der Waals surface area contributed by atoms with E-state index in [1.54, 1.807) is 11.3 Å². The zero-order valence-electron chi connectivity index (χ0n) is 12.3. The lowest BCUT2D eigenvalue weighted by atomic mass is 10.3. The second-order valence-corrected chi connectivity index (χ2v) is 5.71. The Kier molecular flexibility index (Phi) is 6.21. The van der Waals surface area contributed by atoms with Crippen LogP contribution in [-0.2, 0) is 11.3 Å². The highest BCUT2D eigenvalue weighted by atomic mass is 32.1. The molecule has 0 aliphatic carbocycles. The molecule has 2 aromatic rings. The zero-order chi connectivity index (χ0) is 14.2. The quantitative estimate of drug-likeness (QED) is 0.703. The van der Waals surface area contributed by atoms with Gasteiger partial charge in [0, 0.05) is 13.2 Å². The number of nitrogens with one attached hydrogen (secondary N) is 1. The van der Waals surface area contributed by atoms with Gasteiger partial charge in [-0.25, -0.2) is 9.97 Å². The maximum absolute atomic E-state index is 5.66. The van der Waals surface area contributed by atoms with E-state index in [4.69, 9.17) is 4.74 Å². The SMILES string of the molecule is CCCCCOCc1nc(NCCC)c2ccsc2n1.